The molecule has 0 saturated heterocycles. The van der Waals surface area contributed by atoms with Crippen molar-refractivity contribution in [3.8, 4) is 11.5 Å². The van der Waals surface area contributed by atoms with Gasteiger partial charge in [0.1, 0.15) is 17.4 Å². The first kappa shape index (κ1) is 22.7. The normalized spacial score (nSPS) is 13.1. The number of alkyl halides is 6. The molecule has 1 atom stereocenters. The second kappa shape index (κ2) is 9.43. The number of para-hydroxylation sites is 1. The summed E-state index contributed by atoms with van der Waals surface area (Å²) < 4.78 is 90.0. The molecule has 0 aliphatic heterocycles. The zero-order valence-electron chi connectivity index (χ0n) is 16.1. The van der Waals surface area contributed by atoms with Gasteiger partial charge >= 0.3 is 12.4 Å². The van der Waals surface area contributed by atoms with Crippen molar-refractivity contribution in [1.29, 1.82) is 0 Å². The number of hydrogen-bond donors (Lipinski definition) is 0. The predicted octanol–water partition coefficient (Wildman–Crippen LogP) is 7.36. The van der Waals surface area contributed by atoms with Crippen molar-refractivity contribution in [3.63, 3.8) is 0 Å². The fourth-order valence-electron chi connectivity index (χ4n) is 2.93. The zero-order chi connectivity index (χ0) is 22.5. The molecule has 0 aliphatic rings. The minimum Gasteiger partial charge on any atom is -0.457 e. The standard InChI is InChI=1S/C23H18F6O2/c24-22(25,26)18-8-5-7-17(13-18)21(23(27,28)29)15-30-14-16-6-4-11-20(12-16)31-19-9-2-1-3-10-19/h1-13,21H,14-15H2. The first-order chi connectivity index (χ1) is 14.6. The quantitative estimate of drug-likeness (QED) is 0.358. The Kier molecular flexibility index (Phi) is 6.90. The molecule has 2 nitrogen and oxygen atoms in total. The van der Waals surface area contributed by atoms with Gasteiger partial charge in [-0.2, -0.15) is 26.3 Å². The number of ether oxygens (including phenoxy) is 2. The monoisotopic (exact) mass is 440 g/mol. The molecule has 1 unspecified atom stereocenters. The van der Waals surface area contributed by atoms with Crippen LogP contribution in [0.25, 0.3) is 0 Å². The van der Waals surface area contributed by atoms with E-state index in [4.69, 9.17) is 9.47 Å². The SMILES string of the molecule is FC(F)(F)c1cccc(C(COCc2cccc(Oc3ccccc3)c2)C(F)(F)F)c1. The van der Waals surface area contributed by atoms with E-state index in [0.29, 0.717) is 23.1 Å². The Bertz CT molecular complexity index is 983. The largest absolute Gasteiger partial charge is 0.457 e. The van der Waals surface area contributed by atoms with Gasteiger partial charge in [0.05, 0.1) is 18.8 Å². The van der Waals surface area contributed by atoms with Crippen LogP contribution in [0.3, 0.4) is 0 Å². The highest BCUT2D eigenvalue weighted by Crippen LogP contribution is 2.38. The molecule has 0 N–H and O–H groups in total. The highest BCUT2D eigenvalue weighted by atomic mass is 19.4. The molecule has 0 heterocycles. The Morgan fingerprint density at radius 1 is 0.710 bits per heavy atom. The van der Waals surface area contributed by atoms with E-state index < -0.39 is 36.0 Å². The van der Waals surface area contributed by atoms with E-state index in [2.05, 4.69) is 0 Å². The third-order valence-corrected chi connectivity index (χ3v) is 4.44. The molecule has 0 saturated carbocycles. The Hall–Kier alpha value is -3.00. The third kappa shape index (κ3) is 6.49. The molecule has 8 heteroatoms. The van der Waals surface area contributed by atoms with Gasteiger partial charge in [-0.15, -0.1) is 0 Å². The molecule has 0 spiro atoms. The maximum Gasteiger partial charge on any atom is 0.416 e. The molecule has 3 aromatic rings. The lowest BCUT2D eigenvalue weighted by atomic mass is 9.97. The first-order valence-electron chi connectivity index (χ1n) is 9.26. The lowest BCUT2D eigenvalue weighted by molar-refractivity contribution is -0.164. The topological polar surface area (TPSA) is 18.5 Å². The minimum absolute atomic E-state index is 0.155. The van der Waals surface area contributed by atoms with Gasteiger partial charge in [-0.05, 0) is 41.5 Å². The molecule has 0 fully saturated rings. The maximum absolute atomic E-state index is 13.5. The number of halogens is 6. The maximum atomic E-state index is 13.5. The van der Waals surface area contributed by atoms with Crippen LogP contribution in [0.15, 0.2) is 78.9 Å². The van der Waals surface area contributed by atoms with Gasteiger partial charge in [-0.3, -0.25) is 0 Å². The molecule has 0 aliphatic carbocycles. The summed E-state index contributed by atoms with van der Waals surface area (Å²) in [4.78, 5) is 0. The van der Waals surface area contributed by atoms with Gasteiger partial charge in [0.25, 0.3) is 0 Å². The van der Waals surface area contributed by atoms with Gasteiger partial charge in [-0.25, -0.2) is 0 Å². The Morgan fingerprint density at radius 3 is 2.06 bits per heavy atom. The van der Waals surface area contributed by atoms with Crippen molar-refractivity contribution in [2.75, 3.05) is 6.61 Å². The summed E-state index contributed by atoms with van der Waals surface area (Å²) in [6, 6.07) is 18.8. The Labute approximate surface area is 175 Å². The van der Waals surface area contributed by atoms with Crippen LogP contribution in [-0.4, -0.2) is 12.8 Å². The summed E-state index contributed by atoms with van der Waals surface area (Å²) in [5.74, 6) is -1.10. The van der Waals surface area contributed by atoms with Crippen LogP contribution >= 0.6 is 0 Å². The Balaban J connectivity index is 1.68. The van der Waals surface area contributed by atoms with Crippen LogP contribution in [0.4, 0.5) is 26.3 Å². The van der Waals surface area contributed by atoms with Gasteiger partial charge in [0, 0.05) is 0 Å². The molecule has 0 amide bonds. The first-order valence-corrected chi connectivity index (χ1v) is 9.26. The number of benzene rings is 3. The average Bonchev–Trinajstić information content (AvgIpc) is 2.71. The van der Waals surface area contributed by atoms with Gasteiger partial charge in [0.2, 0.25) is 0 Å². The average molecular weight is 440 g/mol. The summed E-state index contributed by atoms with van der Waals surface area (Å²) in [5, 5.41) is 0. The molecule has 3 rings (SSSR count). The number of hydrogen-bond acceptors (Lipinski definition) is 2. The molecular formula is C23H18F6O2. The van der Waals surface area contributed by atoms with Crippen LogP contribution in [0, 0.1) is 0 Å². The summed E-state index contributed by atoms with van der Waals surface area (Å²) in [6.45, 7) is -0.966. The van der Waals surface area contributed by atoms with E-state index >= 15 is 0 Å². The van der Waals surface area contributed by atoms with Crippen molar-refractivity contribution in [3.05, 3.63) is 95.6 Å². The fourth-order valence-corrected chi connectivity index (χ4v) is 2.93. The van der Waals surface area contributed by atoms with Crippen molar-refractivity contribution in [2.45, 2.75) is 24.9 Å². The Morgan fingerprint density at radius 2 is 1.39 bits per heavy atom. The van der Waals surface area contributed by atoms with E-state index in [1.165, 1.54) is 0 Å². The molecule has 31 heavy (non-hydrogen) atoms. The zero-order valence-corrected chi connectivity index (χ0v) is 16.1. The highest BCUT2D eigenvalue weighted by Gasteiger charge is 2.42. The summed E-state index contributed by atoms with van der Waals surface area (Å²) in [6.07, 6.45) is -9.49. The van der Waals surface area contributed by atoms with Crippen LogP contribution in [0.5, 0.6) is 11.5 Å². The van der Waals surface area contributed by atoms with Crippen molar-refractivity contribution in [1.82, 2.24) is 0 Å². The molecule has 164 valence electrons. The van der Waals surface area contributed by atoms with Gasteiger partial charge in [0.15, 0.2) is 0 Å². The second-order valence-electron chi connectivity index (χ2n) is 6.80. The van der Waals surface area contributed by atoms with Crippen LogP contribution < -0.4 is 4.74 Å². The lowest BCUT2D eigenvalue weighted by Gasteiger charge is -2.22. The number of rotatable bonds is 7. The molecule has 0 bridgehead atoms. The van der Waals surface area contributed by atoms with Gasteiger partial charge < -0.3 is 9.47 Å². The summed E-state index contributed by atoms with van der Waals surface area (Å²) in [7, 11) is 0. The fraction of sp³-hybridized carbons (Fsp3) is 0.217. The van der Waals surface area contributed by atoms with E-state index in [-0.39, 0.29) is 6.61 Å². The van der Waals surface area contributed by atoms with Crippen molar-refractivity contribution < 1.29 is 35.8 Å². The van der Waals surface area contributed by atoms with Crippen LogP contribution in [-0.2, 0) is 17.5 Å². The van der Waals surface area contributed by atoms with Crippen molar-refractivity contribution >= 4 is 0 Å². The van der Waals surface area contributed by atoms with E-state index in [1.807, 2.05) is 6.07 Å². The molecule has 0 radical (unpaired) electrons. The minimum atomic E-state index is -4.76. The van der Waals surface area contributed by atoms with Crippen LogP contribution in [0.2, 0.25) is 0 Å². The van der Waals surface area contributed by atoms with E-state index in [1.54, 1.807) is 48.5 Å². The molecule has 0 aromatic heterocycles. The second-order valence-corrected chi connectivity index (χ2v) is 6.80. The van der Waals surface area contributed by atoms with Crippen LogP contribution in [0.1, 0.15) is 22.6 Å². The molecule has 3 aromatic carbocycles. The third-order valence-electron chi connectivity index (χ3n) is 4.44. The lowest BCUT2D eigenvalue weighted by Crippen LogP contribution is -2.26. The highest BCUT2D eigenvalue weighted by molar-refractivity contribution is 5.34. The van der Waals surface area contributed by atoms with E-state index in [9.17, 15) is 26.3 Å². The predicted molar refractivity (Wildman–Crippen MR) is 103 cm³/mol. The summed E-state index contributed by atoms with van der Waals surface area (Å²) in [5.41, 5.74) is -1.06. The smallest absolute Gasteiger partial charge is 0.416 e. The summed E-state index contributed by atoms with van der Waals surface area (Å²) >= 11 is 0. The van der Waals surface area contributed by atoms with Crippen molar-refractivity contribution in [2.24, 2.45) is 0 Å². The van der Waals surface area contributed by atoms with E-state index in [0.717, 1.165) is 18.2 Å². The molecular weight excluding hydrogens is 422 g/mol. The van der Waals surface area contributed by atoms with Gasteiger partial charge in [-0.1, -0.05) is 48.5 Å².